The normalized spacial score (nSPS) is 22.0. The van der Waals surface area contributed by atoms with Crippen LogP contribution in [0.1, 0.15) is 27.7 Å². The van der Waals surface area contributed by atoms with Gasteiger partial charge in [0.05, 0.1) is 12.6 Å². The molecule has 7 nitrogen and oxygen atoms in total. The number of carbonyl (C=O) groups excluding carboxylic acids is 1. The summed E-state index contributed by atoms with van der Waals surface area (Å²) in [5.41, 5.74) is -0.465. The zero-order valence-corrected chi connectivity index (χ0v) is 16.7. The molecule has 2 unspecified atom stereocenters. The van der Waals surface area contributed by atoms with Crippen LogP contribution in [0.5, 0.6) is 0 Å². The minimum absolute atomic E-state index is 0. The Morgan fingerprint density at radius 1 is 1.48 bits per heavy atom. The molecule has 8 heteroatoms. The number of nitrogens with zero attached hydrogens (tertiary/aromatic N) is 3. The molecule has 2 aliphatic rings. The standard InChI is InChI=1S/C15H28N4O3.HI/c1-11(10-20)7-16-13-17-8-12-9-18(5-6-19(12)13)14(21)22-15(2,3)4;/h11-12,20H,5-10H2,1-4H3,(H,16,17);1H. The number of aliphatic hydroxyl groups is 1. The van der Waals surface area contributed by atoms with E-state index in [1.54, 1.807) is 4.90 Å². The third-order valence-corrected chi connectivity index (χ3v) is 3.78. The number of piperazine rings is 1. The topological polar surface area (TPSA) is 77.4 Å². The van der Waals surface area contributed by atoms with Gasteiger partial charge in [-0.25, -0.2) is 4.79 Å². The first-order valence-corrected chi connectivity index (χ1v) is 7.94. The number of aliphatic hydroxyl groups excluding tert-OH is 1. The van der Waals surface area contributed by atoms with Crippen LogP contribution in [-0.2, 0) is 4.74 Å². The molecular weight excluding hydrogens is 411 g/mol. The third-order valence-electron chi connectivity index (χ3n) is 3.78. The third kappa shape index (κ3) is 5.66. The minimum atomic E-state index is -0.465. The van der Waals surface area contributed by atoms with E-state index in [2.05, 4.69) is 15.2 Å². The van der Waals surface area contributed by atoms with Gasteiger partial charge < -0.3 is 25.0 Å². The van der Waals surface area contributed by atoms with Crippen LogP contribution in [-0.4, -0.2) is 77.9 Å². The number of hydrogen-bond acceptors (Lipinski definition) is 6. The predicted octanol–water partition coefficient (Wildman–Crippen LogP) is 1.11. The van der Waals surface area contributed by atoms with Crippen molar-refractivity contribution in [2.24, 2.45) is 10.9 Å². The zero-order chi connectivity index (χ0) is 16.3. The summed E-state index contributed by atoms with van der Waals surface area (Å²) in [5, 5.41) is 12.4. The van der Waals surface area contributed by atoms with Crippen molar-refractivity contribution < 1.29 is 14.6 Å². The number of hydrogen-bond donors (Lipinski definition) is 2. The van der Waals surface area contributed by atoms with Crippen molar-refractivity contribution in [2.45, 2.75) is 39.3 Å². The Labute approximate surface area is 155 Å². The number of guanidine groups is 1. The van der Waals surface area contributed by atoms with Crippen LogP contribution in [0.15, 0.2) is 4.99 Å². The highest BCUT2D eigenvalue weighted by atomic mass is 127. The van der Waals surface area contributed by atoms with Gasteiger partial charge in [-0.3, -0.25) is 4.99 Å². The molecule has 1 fully saturated rings. The molecule has 2 atom stereocenters. The number of nitrogens with one attached hydrogen (secondary N) is 1. The van der Waals surface area contributed by atoms with Crippen molar-refractivity contribution >= 4 is 36.0 Å². The first-order chi connectivity index (χ1) is 10.3. The second-order valence-electron chi connectivity index (χ2n) is 7.11. The molecule has 0 aliphatic carbocycles. The Hall–Kier alpha value is -0.770. The Kier molecular flexibility index (Phi) is 7.37. The van der Waals surface area contributed by atoms with Crippen LogP contribution < -0.4 is 5.32 Å². The van der Waals surface area contributed by atoms with Crippen LogP contribution in [0.2, 0.25) is 0 Å². The lowest BCUT2D eigenvalue weighted by molar-refractivity contribution is 0.0137. The first kappa shape index (κ1) is 20.3. The van der Waals surface area contributed by atoms with Gasteiger partial charge in [0.15, 0.2) is 5.96 Å². The SMILES string of the molecule is CC(CO)CNC1=NCC2CN(C(=O)OC(C)(C)C)CCN12.I. The lowest BCUT2D eigenvalue weighted by Crippen LogP contribution is -2.57. The summed E-state index contributed by atoms with van der Waals surface area (Å²) in [5.74, 6) is 1.08. The summed E-state index contributed by atoms with van der Waals surface area (Å²) in [6.45, 7) is 11.2. The largest absolute Gasteiger partial charge is 0.444 e. The van der Waals surface area contributed by atoms with E-state index >= 15 is 0 Å². The van der Waals surface area contributed by atoms with Crippen LogP contribution in [0, 0.1) is 5.92 Å². The fourth-order valence-corrected chi connectivity index (χ4v) is 2.55. The Morgan fingerprint density at radius 3 is 2.78 bits per heavy atom. The van der Waals surface area contributed by atoms with Gasteiger partial charge in [-0.15, -0.1) is 24.0 Å². The molecule has 1 saturated heterocycles. The molecule has 2 rings (SSSR count). The van der Waals surface area contributed by atoms with Gasteiger partial charge in [0.2, 0.25) is 0 Å². The highest BCUT2D eigenvalue weighted by Gasteiger charge is 2.36. The summed E-state index contributed by atoms with van der Waals surface area (Å²) < 4.78 is 5.43. The minimum Gasteiger partial charge on any atom is -0.444 e. The van der Waals surface area contributed by atoms with E-state index in [4.69, 9.17) is 9.84 Å². The number of rotatable bonds is 3. The molecule has 0 aromatic rings. The molecule has 2 N–H and O–H groups in total. The van der Waals surface area contributed by atoms with E-state index in [-0.39, 0.29) is 48.6 Å². The molecule has 0 spiro atoms. The van der Waals surface area contributed by atoms with Crippen molar-refractivity contribution in [3.8, 4) is 0 Å². The molecular formula is C15H29IN4O3. The van der Waals surface area contributed by atoms with E-state index in [1.807, 2.05) is 27.7 Å². The summed E-state index contributed by atoms with van der Waals surface area (Å²) in [6, 6.07) is 0.216. The van der Waals surface area contributed by atoms with Gasteiger partial charge in [0.1, 0.15) is 5.60 Å². The maximum atomic E-state index is 12.1. The molecule has 0 saturated carbocycles. The second kappa shape index (κ2) is 8.36. The number of carbonyl (C=O) groups is 1. The average molecular weight is 440 g/mol. The molecule has 23 heavy (non-hydrogen) atoms. The Morgan fingerprint density at radius 2 is 2.17 bits per heavy atom. The number of amides is 1. The van der Waals surface area contributed by atoms with E-state index < -0.39 is 5.60 Å². The van der Waals surface area contributed by atoms with E-state index in [0.29, 0.717) is 26.2 Å². The Bertz CT molecular complexity index is 439. The second-order valence-corrected chi connectivity index (χ2v) is 7.11. The number of fused-ring (bicyclic) bond motifs is 1. The molecule has 2 heterocycles. The quantitative estimate of drug-likeness (QED) is 0.644. The van der Waals surface area contributed by atoms with Gasteiger partial charge in [0.25, 0.3) is 0 Å². The van der Waals surface area contributed by atoms with Crippen molar-refractivity contribution in [1.82, 2.24) is 15.1 Å². The van der Waals surface area contributed by atoms with Gasteiger partial charge in [-0.05, 0) is 26.7 Å². The van der Waals surface area contributed by atoms with Crippen LogP contribution in [0.4, 0.5) is 4.79 Å². The van der Waals surface area contributed by atoms with Crippen molar-refractivity contribution in [2.75, 3.05) is 39.3 Å². The predicted molar refractivity (Wildman–Crippen MR) is 100 cm³/mol. The van der Waals surface area contributed by atoms with Gasteiger partial charge >= 0.3 is 6.09 Å². The van der Waals surface area contributed by atoms with Crippen molar-refractivity contribution in [1.29, 1.82) is 0 Å². The van der Waals surface area contributed by atoms with E-state index in [9.17, 15) is 4.79 Å². The number of halogens is 1. The molecule has 134 valence electrons. The Balaban J connectivity index is 0.00000264. The smallest absolute Gasteiger partial charge is 0.410 e. The molecule has 1 amide bonds. The van der Waals surface area contributed by atoms with Gasteiger partial charge in [-0.2, -0.15) is 0 Å². The summed E-state index contributed by atoms with van der Waals surface area (Å²) >= 11 is 0. The van der Waals surface area contributed by atoms with Crippen molar-refractivity contribution in [3.05, 3.63) is 0 Å². The maximum Gasteiger partial charge on any atom is 0.410 e. The lowest BCUT2D eigenvalue weighted by atomic mass is 10.2. The average Bonchev–Trinajstić information content (AvgIpc) is 2.85. The highest BCUT2D eigenvalue weighted by molar-refractivity contribution is 14.0. The summed E-state index contributed by atoms with van der Waals surface area (Å²) in [6.07, 6.45) is -0.248. The molecule has 0 aromatic heterocycles. The van der Waals surface area contributed by atoms with Gasteiger partial charge in [0, 0.05) is 32.8 Å². The molecule has 0 radical (unpaired) electrons. The summed E-state index contributed by atoms with van der Waals surface area (Å²) in [7, 11) is 0. The van der Waals surface area contributed by atoms with Crippen molar-refractivity contribution in [3.63, 3.8) is 0 Å². The number of aliphatic imine (C=N–C) groups is 1. The maximum absolute atomic E-state index is 12.1. The van der Waals surface area contributed by atoms with Crippen LogP contribution >= 0.6 is 24.0 Å². The summed E-state index contributed by atoms with van der Waals surface area (Å²) in [4.78, 5) is 20.6. The van der Waals surface area contributed by atoms with Gasteiger partial charge in [-0.1, -0.05) is 6.92 Å². The molecule has 0 bridgehead atoms. The first-order valence-electron chi connectivity index (χ1n) is 7.94. The fourth-order valence-electron chi connectivity index (χ4n) is 2.55. The molecule has 0 aromatic carbocycles. The zero-order valence-electron chi connectivity index (χ0n) is 14.4. The number of ether oxygens (including phenoxy) is 1. The molecule has 2 aliphatic heterocycles. The lowest BCUT2D eigenvalue weighted by Gasteiger charge is -2.39. The van der Waals surface area contributed by atoms with E-state index in [1.165, 1.54) is 0 Å². The monoisotopic (exact) mass is 440 g/mol. The highest BCUT2D eigenvalue weighted by Crippen LogP contribution is 2.18. The van der Waals surface area contributed by atoms with Crippen LogP contribution in [0.25, 0.3) is 0 Å². The fraction of sp³-hybridized carbons (Fsp3) is 0.867. The van der Waals surface area contributed by atoms with Crippen LogP contribution in [0.3, 0.4) is 0 Å². The van der Waals surface area contributed by atoms with E-state index in [0.717, 1.165) is 12.5 Å².